The van der Waals surface area contributed by atoms with E-state index in [2.05, 4.69) is 21.0 Å². The summed E-state index contributed by atoms with van der Waals surface area (Å²) in [5.74, 6) is -0.372. The van der Waals surface area contributed by atoms with Crippen LogP contribution >= 0.6 is 0 Å². The number of rotatable bonds is 3. The van der Waals surface area contributed by atoms with Gasteiger partial charge in [-0.25, -0.2) is 14.4 Å². The molecule has 0 bridgehead atoms. The van der Waals surface area contributed by atoms with Crippen molar-refractivity contribution in [2.75, 3.05) is 12.8 Å². The molecule has 2 N–H and O–H groups in total. The SMILES string of the molecule is COc1ncc(-c2nc(OF)ccc2F)cc1N.N#CC1CCCCC1. The first kappa shape index (κ1) is 19.4. The maximum absolute atomic E-state index is 13.6. The standard InChI is InChI=1S/C11H9F2N3O2.C7H11N/c1-17-11-8(14)4-6(5-15-11)10-7(12)2-3-9(16-10)18-13;8-6-7-4-2-1-3-5-7/h2-5H,14H2,1H3;7H,1-5H2. The largest absolute Gasteiger partial charge is 0.480 e. The van der Waals surface area contributed by atoms with Crippen molar-refractivity contribution in [2.45, 2.75) is 32.1 Å². The summed E-state index contributed by atoms with van der Waals surface area (Å²) in [4.78, 5) is 11.0. The molecule has 8 heteroatoms. The van der Waals surface area contributed by atoms with Crippen LogP contribution in [0, 0.1) is 23.1 Å². The van der Waals surface area contributed by atoms with Crippen LogP contribution in [0.15, 0.2) is 24.4 Å². The highest BCUT2D eigenvalue weighted by Crippen LogP contribution is 2.27. The summed E-state index contributed by atoms with van der Waals surface area (Å²) in [6.45, 7) is 0. The molecule has 26 heavy (non-hydrogen) atoms. The average Bonchev–Trinajstić information content (AvgIpc) is 2.69. The summed E-state index contributed by atoms with van der Waals surface area (Å²) in [5, 5.41) is 8.44. The normalized spacial score (nSPS) is 13.9. The van der Waals surface area contributed by atoms with Gasteiger partial charge in [-0.15, -0.1) is 0 Å². The Morgan fingerprint density at radius 2 is 2.00 bits per heavy atom. The smallest absolute Gasteiger partial charge is 0.263 e. The lowest BCUT2D eigenvalue weighted by Crippen LogP contribution is -2.02. The molecule has 0 aromatic carbocycles. The molecule has 1 aliphatic carbocycles. The van der Waals surface area contributed by atoms with Crippen molar-refractivity contribution in [3.8, 4) is 29.1 Å². The molecule has 1 saturated carbocycles. The molecule has 0 atom stereocenters. The maximum atomic E-state index is 13.6. The van der Waals surface area contributed by atoms with Crippen molar-refractivity contribution in [2.24, 2.45) is 5.92 Å². The van der Waals surface area contributed by atoms with Crippen molar-refractivity contribution in [3.63, 3.8) is 0 Å². The predicted octanol–water partition coefficient (Wildman–Crippen LogP) is 4.23. The van der Waals surface area contributed by atoms with Gasteiger partial charge in [0, 0.05) is 28.3 Å². The molecule has 2 aromatic rings. The zero-order valence-electron chi connectivity index (χ0n) is 14.4. The number of nitriles is 1. The topological polar surface area (TPSA) is 94.1 Å². The van der Waals surface area contributed by atoms with Crippen LogP contribution in [-0.4, -0.2) is 17.1 Å². The minimum Gasteiger partial charge on any atom is -0.480 e. The van der Waals surface area contributed by atoms with Gasteiger partial charge in [0.05, 0.1) is 18.9 Å². The molecular weight excluding hydrogens is 342 g/mol. The number of pyridine rings is 2. The third-order valence-electron chi connectivity index (χ3n) is 4.03. The molecular formula is C18H20F2N4O2. The third kappa shape index (κ3) is 5.02. The van der Waals surface area contributed by atoms with Crippen LogP contribution in [-0.2, 0) is 0 Å². The minimum atomic E-state index is -0.637. The van der Waals surface area contributed by atoms with Crippen LogP contribution in [0.4, 0.5) is 14.6 Å². The highest BCUT2D eigenvalue weighted by Gasteiger charge is 2.12. The molecule has 0 radical (unpaired) electrons. The Labute approximate surface area is 150 Å². The van der Waals surface area contributed by atoms with E-state index in [1.165, 1.54) is 38.6 Å². The molecule has 138 valence electrons. The number of nitrogen functional groups attached to an aromatic ring is 1. The molecule has 1 fully saturated rings. The van der Waals surface area contributed by atoms with Crippen molar-refractivity contribution in [1.82, 2.24) is 9.97 Å². The lowest BCUT2D eigenvalue weighted by molar-refractivity contribution is -0.0118. The summed E-state index contributed by atoms with van der Waals surface area (Å²) >= 11 is 0. The van der Waals surface area contributed by atoms with Gasteiger partial charge in [-0.1, -0.05) is 19.3 Å². The summed E-state index contributed by atoms with van der Waals surface area (Å²) in [6.07, 6.45) is 7.52. The summed E-state index contributed by atoms with van der Waals surface area (Å²) in [5.41, 5.74) is 6.06. The van der Waals surface area contributed by atoms with E-state index in [9.17, 15) is 8.92 Å². The van der Waals surface area contributed by atoms with Crippen molar-refractivity contribution in [1.29, 1.82) is 5.26 Å². The number of halogens is 2. The van der Waals surface area contributed by atoms with E-state index in [0.29, 0.717) is 11.5 Å². The Morgan fingerprint density at radius 1 is 1.27 bits per heavy atom. The number of methoxy groups -OCH3 is 1. The Kier molecular flexibility index (Phi) is 7.09. The lowest BCUT2D eigenvalue weighted by Gasteiger charge is -2.13. The molecule has 1 aliphatic rings. The molecule has 6 nitrogen and oxygen atoms in total. The van der Waals surface area contributed by atoms with E-state index in [1.54, 1.807) is 0 Å². The molecule has 0 saturated heterocycles. The van der Waals surface area contributed by atoms with E-state index in [1.807, 2.05) is 0 Å². The summed E-state index contributed by atoms with van der Waals surface area (Å²) < 4.78 is 30.4. The number of anilines is 1. The van der Waals surface area contributed by atoms with Crippen LogP contribution in [0.25, 0.3) is 11.3 Å². The van der Waals surface area contributed by atoms with Gasteiger partial charge in [0.2, 0.25) is 5.88 Å². The number of nitrogens with zero attached hydrogens (tertiary/aromatic N) is 3. The van der Waals surface area contributed by atoms with E-state index >= 15 is 0 Å². The second-order valence-electron chi connectivity index (χ2n) is 5.84. The van der Waals surface area contributed by atoms with Crippen molar-refractivity contribution < 1.29 is 18.6 Å². The predicted molar refractivity (Wildman–Crippen MR) is 92.3 cm³/mol. The van der Waals surface area contributed by atoms with Gasteiger partial charge in [-0.3, -0.25) is 4.94 Å². The molecule has 0 spiro atoms. The average molecular weight is 362 g/mol. The lowest BCUT2D eigenvalue weighted by atomic mass is 9.91. The number of aromatic nitrogens is 2. The highest BCUT2D eigenvalue weighted by atomic mass is 19.3. The van der Waals surface area contributed by atoms with E-state index in [0.717, 1.165) is 25.0 Å². The molecule has 2 heterocycles. The molecule has 3 rings (SSSR count). The van der Waals surface area contributed by atoms with E-state index in [4.69, 9.17) is 15.7 Å². The Bertz CT molecular complexity index is 774. The van der Waals surface area contributed by atoms with Gasteiger partial charge in [0.1, 0.15) is 11.5 Å². The summed E-state index contributed by atoms with van der Waals surface area (Å²) in [7, 11) is 1.41. The number of nitrogens with two attached hydrogens (primary N) is 1. The molecule has 0 unspecified atom stereocenters. The monoisotopic (exact) mass is 362 g/mol. The van der Waals surface area contributed by atoms with Crippen LogP contribution in [0.2, 0.25) is 0 Å². The Morgan fingerprint density at radius 3 is 2.54 bits per heavy atom. The summed E-state index contributed by atoms with van der Waals surface area (Å²) in [6, 6.07) is 5.84. The van der Waals surface area contributed by atoms with Gasteiger partial charge < -0.3 is 10.5 Å². The number of hydrogen-bond acceptors (Lipinski definition) is 6. The minimum absolute atomic E-state index is 0.105. The molecule has 2 aromatic heterocycles. The maximum Gasteiger partial charge on any atom is 0.263 e. The zero-order chi connectivity index (χ0) is 18.9. The van der Waals surface area contributed by atoms with Crippen LogP contribution < -0.4 is 15.4 Å². The van der Waals surface area contributed by atoms with Crippen molar-refractivity contribution >= 4 is 5.69 Å². The third-order valence-corrected chi connectivity index (χ3v) is 4.03. The molecule has 0 amide bonds. The van der Waals surface area contributed by atoms with Gasteiger partial charge in [0.15, 0.2) is 0 Å². The quantitative estimate of drug-likeness (QED) is 0.878. The fourth-order valence-electron chi connectivity index (χ4n) is 2.67. The van der Waals surface area contributed by atoms with Gasteiger partial charge >= 0.3 is 0 Å². The van der Waals surface area contributed by atoms with Crippen LogP contribution in [0.3, 0.4) is 0 Å². The Balaban J connectivity index is 0.000000254. The zero-order valence-corrected chi connectivity index (χ0v) is 14.4. The van der Waals surface area contributed by atoms with Crippen LogP contribution in [0.1, 0.15) is 32.1 Å². The molecule has 0 aliphatic heterocycles. The second kappa shape index (κ2) is 9.51. The van der Waals surface area contributed by atoms with E-state index < -0.39 is 5.82 Å². The number of ether oxygens (including phenoxy) is 1. The van der Waals surface area contributed by atoms with Gasteiger partial charge in [0.25, 0.3) is 5.88 Å². The fraction of sp³-hybridized carbons (Fsp3) is 0.389. The fourth-order valence-corrected chi connectivity index (χ4v) is 2.67. The first-order chi connectivity index (χ1) is 12.6. The van der Waals surface area contributed by atoms with Crippen molar-refractivity contribution in [3.05, 3.63) is 30.2 Å². The van der Waals surface area contributed by atoms with Crippen LogP contribution in [0.5, 0.6) is 11.8 Å². The van der Waals surface area contributed by atoms with Gasteiger partial charge in [-0.2, -0.15) is 5.26 Å². The number of hydrogen-bond donors (Lipinski definition) is 1. The van der Waals surface area contributed by atoms with E-state index in [-0.39, 0.29) is 23.1 Å². The first-order valence-corrected chi connectivity index (χ1v) is 8.23. The highest BCUT2D eigenvalue weighted by molar-refractivity contribution is 5.66. The van der Waals surface area contributed by atoms with Gasteiger partial charge in [-0.05, 0) is 25.0 Å². The second-order valence-corrected chi connectivity index (χ2v) is 5.84. The Hall–Kier alpha value is -2.95. The first-order valence-electron chi connectivity index (χ1n) is 8.23.